The van der Waals surface area contributed by atoms with Crippen molar-refractivity contribution in [1.82, 2.24) is 25.5 Å². The summed E-state index contributed by atoms with van der Waals surface area (Å²) in [6, 6.07) is 6.15. The van der Waals surface area contributed by atoms with E-state index in [1.54, 1.807) is 4.68 Å². The lowest BCUT2D eigenvalue weighted by molar-refractivity contribution is -0.120. The predicted molar refractivity (Wildman–Crippen MR) is 95.9 cm³/mol. The first-order valence-corrected chi connectivity index (χ1v) is 9.34. The Bertz CT molecular complexity index is 722. The number of ether oxygens (including phenoxy) is 1. The summed E-state index contributed by atoms with van der Waals surface area (Å²) < 4.78 is 7.21. The molecule has 8 heteroatoms. The van der Waals surface area contributed by atoms with Gasteiger partial charge in [0.05, 0.1) is 17.0 Å². The molecule has 0 radical (unpaired) electrons. The molecule has 1 fully saturated rings. The van der Waals surface area contributed by atoms with E-state index < -0.39 is 0 Å². The fourth-order valence-corrected chi connectivity index (χ4v) is 3.69. The van der Waals surface area contributed by atoms with Crippen molar-refractivity contribution in [1.29, 1.82) is 0 Å². The summed E-state index contributed by atoms with van der Waals surface area (Å²) in [4.78, 5) is 12.3. The van der Waals surface area contributed by atoms with Gasteiger partial charge in [-0.2, -0.15) is 4.68 Å². The zero-order valence-corrected chi connectivity index (χ0v) is 15.5. The van der Waals surface area contributed by atoms with E-state index in [4.69, 9.17) is 4.74 Å². The van der Waals surface area contributed by atoms with Gasteiger partial charge in [0.1, 0.15) is 0 Å². The highest BCUT2D eigenvalue weighted by Crippen LogP contribution is 2.24. The van der Waals surface area contributed by atoms with Crippen LogP contribution in [0.3, 0.4) is 0 Å². The monoisotopic (exact) mass is 361 g/mol. The van der Waals surface area contributed by atoms with Gasteiger partial charge in [0.25, 0.3) is 0 Å². The van der Waals surface area contributed by atoms with Gasteiger partial charge in [-0.1, -0.05) is 17.8 Å². The summed E-state index contributed by atoms with van der Waals surface area (Å²) in [7, 11) is 0. The van der Waals surface area contributed by atoms with Gasteiger partial charge in [-0.3, -0.25) is 4.79 Å². The summed E-state index contributed by atoms with van der Waals surface area (Å²) in [5, 5.41) is 15.2. The lowest BCUT2D eigenvalue weighted by atomic mass is 10.1. The quantitative estimate of drug-likeness (QED) is 0.793. The van der Waals surface area contributed by atoms with Crippen molar-refractivity contribution in [3.63, 3.8) is 0 Å². The Morgan fingerprint density at radius 3 is 2.84 bits per heavy atom. The van der Waals surface area contributed by atoms with E-state index in [0.717, 1.165) is 36.3 Å². The van der Waals surface area contributed by atoms with Crippen LogP contribution < -0.4 is 5.32 Å². The van der Waals surface area contributed by atoms with Crippen molar-refractivity contribution in [3.8, 4) is 5.69 Å². The molecule has 1 aliphatic rings. The molecule has 7 nitrogen and oxygen atoms in total. The number of hydrogen-bond donors (Lipinski definition) is 1. The van der Waals surface area contributed by atoms with Crippen molar-refractivity contribution in [2.75, 3.05) is 13.2 Å². The van der Waals surface area contributed by atoms with Crippen molar-refractivity contribution in [2.45, 2.75) is 50.1 Å². The second-order valence-electron chi connectivity index (χ2n) is 6.36. The Balaban J connectivity index is 1.64. The van der Waals surface area contributed by atoms with Crippen molar-refractivity contribution >= 4 is 17.7 Å². The Morgan fingerprint density at radius 1 is 1.40 bits per heavy atom. The van der Waals surface area contributed by atoms with E-state index in [1.807, 2.05) is 32.9 Å². The number of amides is 1. The third kappa shape index (κ3) is 4.58. The average molecular weight is 361 g/mol. The first kappa shape index (κ1) is 17.9. The second-order valence-corrected chi connectivity index (χ2v) is 7.67. The lowest BCUT2D eigenvalue weighted by Gasteiger charge is -2.14. The number of rotatable bonds is 6. The minimum absolute atomic E-state index is 0.0320. The third-order valence-electron chi connectivity index (χ3n) is 4.07. The van der Waals surface area contributed by atoms with E-state index in [2.05, 4.69) is 26.9 Å². The molecular weight excluding hydrogens is 338 g/mol. The number of carbonyl (C=O) groups excluding carboxylic acids is 1. The smallest absolute Gasteiger partial charge is 0.233 e. The Morgan fingerprint density at radius 2 is 2.16 bits per heavy atom. The molecule has 1 aromatic carbocycles. The number of aryl methyl sites for hydroxylation is 2. The number of aromatic nitrogens is 4. The summed E-state index contributed by atoms with van der Waals surface area (Å²) in [5.74, 6) is -0.0320. The molecule has 0 bridgehead atoms. The highest BCUT2D eigenvalue weighted by atomic mass is 32.2. The molecule has 0 saturated carbocycles. The van der Waals surface area contributed by atoms with E-state index in [0.29, 0.717) is 11.7 Å². The summed E-state index contributed by atoms with van der Waals surface area (Å²) in [5.41, 5.74) is 3.18. The fraction of sp³-hybridized carbons (Fsp3) is 0.529. The van der Waals surface area contributed by atoms with E-state index in [-0.39, 0.29) is 17.3 Å². The van der Waals surface area contributed by atoms with Crippen LogP contribution in [0.15, 0.2) is 23.4 Å². The molecule has 0 spiro atoms. The van der Waals surface area contributed by atoms with Gasteiger partial charge in [-0.05, 0) is 67.3 Å². The largest absolute Gasteiger partial charge is 0.376 e. The van der Waals surface area contributed by atoms with Crippen LogP contribution in [-0.4, -0.2) is 50.6 Å². The standard InChI is InChI=1S/C17H23N5O2S/c1-11-7-12(2)9-14(8-11)22-17(19-20-21-22)25-13(3)16(23)18-10-15-5-4-6-24-15/h7-9,13,15H,4-6,10H2,1-3H3,(H,18,23). The first-order chi connectivity index (χ1) is 12.0. The number of benzene rings is 1. The summed E-state index contributed by atoms with van der Waals surface area (Å²) >= 11 is 1.35. The van der Waals surface area contributed by atoms with Crippen LogP contribution in [0, 0.1) is 13.8 Å². The van der Waals surface area contributed by atoms with Gasteiger partial charge in [-0.25, -0.2) is 0 Å². The van der Waals surface area contributed by atoms with Crippen LogP contribution in [0.25, 0.3) is 5.69 Å². The van der Waals surface area contributed by atoms with Crippen molar-refractivity contribution < 1.29 is 9.53 Å². The highest BCUT2D eigenvalue weighted by Gasteiger charge is 2.21. The second kappa shape index (κ2) is 7.97. The molecule has 134 valence electrons. The zero-order chi connectivity index (χ0) is 17.8. The van der Waals surface area contributed by atoms with Crippen LogP contribution >= 0.6 is 11.8 Å². The number of thioether (sulfide) groups is 1. The maximum atomic E-state index is 12.3. The Labute approximate surface area is 151 Å². The maximum absolute atomic E-state index is 12.3. The predicted octanol–water partition coefficient (Wildman–Crippen LogP) is 2.05. The van der Waals surface area contributed by atoms with Gasteiger partial charge in [0, 0.05) is 13.2 Å². The van der Waals surface area contributed by atoms with E-state index in [9.17, 15) is 4.79 Å². The van der Waals surface area contributed by atoms with Crippen LogP contribution in [0.5, 0.6) is 0 Å². The van der Waals surface area contributed by atoms with Gasteiger partial charge < -0.3 is 10.1 Å². The number of tetrazole rings is 1. The molecule has 3 rings (SSSR count). The van der Waals surface area contributed by atoms with Crippen molar-refractivity contribution in [3.05, 3.63) is 29.3 Å². The Hall–Kier alpha value is -1.93. The number of hydrogen-bond acceptors (Lipinski definition) is 6. The summed E-state index contributed by atoms with van der Waals surface area (Å²) in [6.45, 7) is 7.28. The molecule has 2 heterocycles. The molecule has 25 heavy (non-hydrogen) atoms. The molecule has 1 saturated heterocycles. The van der Waals surface area contributed by atoms with E-state index >= 15 is 0 Å². The van der Waals surface area contributed by atoms with Crippen molar-refractivity contribution in [2.24, 2.45) is 0 Å². The topological polar surface area (TPSA) is 81.9 Å². The van der Waals surface area contributed by atoms with Gasteiger partial charge in [-0.15, -0.1) is 5.10 Å². The van der Waals surface area contributed by atoms with Crippen LogP contribution in [0.2, 0.25) is 0 Å². The highest BCUT2D eigenvalue weighted by molar-refractivity contribution is 8.00. The van der Waals surface area contributed by atoms with Gasteiger partial charge in [0.2, 0.25) is 11.1 Å². The zero-order valence-electron chi connectivity index (χ0n) is 14.7. The minimum Gasteiger partial charge on any atom is -0.376 e. The molecule has 1 amide bonds. The number of nitrogens with one attached hydrogen (secondary N) is 1. The average Bonchev–Trinajstić information content (AvgIpc) is 3.23. The molecule has 0 aliphatic carbocycles. The SMILES string of the molecule is Cc1cc(C)cc(-n2nnnc2SC(C)C(=O)NCC2CCCO2)c1. The molecule has 2 aromatic rings. The van der Waals surface area contributed by atoms with Gasteiger partial charge >= 0.3 is 0 Å². The number of carbonyl (C=O) groups is 1. The summed E-state index contributed by atoms with van der Waals surface area (Å²) in [6.07, 6.45) is 2.21. The van der Waals surface area contributed by atoms with Gasteiger partial charge in [0.15, 0.2) is 0 Å². The Kier molecular flexibility index (Phi) is 5.70. The van der Waals surface area contributed by atoms with Crippen LogP contribution in [0.4, 0.5) is 0 Å². The first-order valence-electron chi connectivity index (χ1n) is 8.46. The molecule has 1 N–H and O–H groups in total. The lowest BCUT2D eigenvalue weighted by Crippen LogP contribution is -2.36. The third-order valence-corrected chi connectivity index (χ3v) is 5.10. The number of nitrogens with zero attached hydrogens (tertiary/aromatic N) is 4. The van der Waals surface area contributed by atoms with Crippen LogP contribution in [0.1, 0.15) is 30.9 Å². The molecule has 2 atom stereocenters. The normalized spacial score (nSPS) is 18.3. The molecule has 1 aliphatic heterocycles. The molecule has 1 aromatic heterocycles. The minimum atomic E-state index is -0.294. The molecule has 2 unspecified atom stereocenters. The molecular formula is C17H23N5O2S. The van der Waals surface area contributed by atoms with Crippen LogP contribution in [-0.2, 0) is 9.53 Å². The maximum Gasteiger partial charge on any atom is 0.233 e. The fourth-order valence-electron chi connectivity index (χ4n) is 2.86. The van der Waals surface area contributed by atoms with E-state index in [1.165, 1.54) is 11.8 Å².